The van der Waals surface area contributed by atoms with Crippen molar-refractivity contribution in [1.82, 2.24) is 4.57 Å². The van der Waals surface area contributed by atoms with E-state index in [0.29, 0.717) is 6.04 Å². The summed E-state index contributed by atoms with van der Waals surface area (Å²) in [5.41, 5.74) is 4.05. The van der Waals surface area contributed by atoms with Gasteiger partial charge in [0.1, 0.15) is 5.69 Å². The van der Waals surface area contributed by atoms with E-state index in [1.807, 2.05) is 38.4 Å². The molecule has 1 fully saturated rings. The largest absolute Gasteiger partial charge is 0.339 e. The lowest BCUT2D eigenvalue weighted by molar-refractivity contribution is 0.0984. The molecule has 0 N–H and O–H groups in total. The van der Waals surface area contributed by atoms with Crippen LogP contribution in [0.3, 0.4) is 0 Å². The normalized spacial score (nSPS) is 14.3. The van der Waals surface area contributed by atoms with E-state index < -0.39 is 0 Å². The van der Waals surface area contributed by atoms with Gasteiger partial charge in [-0.05, 0) is 60.3 Å². The Kier molecular flexibility index (Phi) is 3.66. The summed E-state index contributed by atoms with van der Waals surface area (Å²) in [4.78, 5) is 14.6. The minimum Gasteiger partial charge on any atom is -0.339 e. The maximum atomic E-state index is 12.8. The SMILES string of the molecule is Cc1ccc(N(C)C(=O)c2cc(Br)cn2C2CC2)c(C)c1. The topological polar surface area (TPSA) is 25.2 Å². The van der Waals surface area contributed by atoms with E-state index in [1.54, 1.807) is 4.90 Å². The fourth-order valence-electron chi connectivity index (χ4n) is 2.73. The first-order valence-corrected chi connectivity index (χ1v) is 7.99. The summed E-state index contributed by atoms with van der Waals surface area (Å²) in [6.07, 6.45) is 4.34. The number of hydrogen-bond donors (Lipinski definition) is 0. The fourth-order valence-corrected chi connectivity index (χ4v) is 3.17. The van der Waals surface area contributed by atoms with Crippen LogP contribution in [-0.2, 0) is 0 Å². The van der Waals surface area contributed by atoms with Crippen molar-refractivity contribution >= 4 is 27.5 Å². The van der Waals surface area contributed by atoms with Gasteiger partial charge in [-0.15, -0.1) is 0 Å². The zero-order valence-corrected chi connectivity index (χ0v) is 14.1. The minimum absolute atomic E-state index is 0.0413. The Morgan fingerprint density at radius 3 is 2.62 bits per heavy atom. The number of rotatable bonds is 3. The number of halogens is 1. The van der Waals surface area contributed by atoms with Crippen LogP contribution in [0.4, 0.5) is 5.69 Å². The molecular formula is C17H19BrN2O. The van der Waals surface area contributed by atoms with E-state index >= 15 is 0 Å². The first-order chi connectivity index (χ1) is 9.97. The highest BCUT2D eigenvalue weighted by Crippen LogP contribution is 2.38. The molecule has 0 spiro atoms. The Morgan fingerprint density at radius 1 is 1.29 bits per heavy atom. The van der Waals surface area contributed by atoms with Gasteiger partial charge in [-0.3, -0.25) is 4.79 Å². The monoisotopic (exact) mass is 346 g/mol. The second-order valence-electron chi connectivity index (χ2n) is 5.84. The predicted octanol–water partition coefficient (Wildman–Crippen LogP) is 4.48. The molecule has 1 aliphatic rings. The van der Waals surface area contributed by atoms with Gasteiger partial charge in [0.15, 0.2) is 0 Å². The molecule has 1 heterocycles. The van der Waals surface area contributed by atoms with E-state index in [4.69, 9.17) is 0 Å². The van der Waals surface area contributed by atoms with Crippen molar-refractivity contribution in [2.45, 2.75) is 32.7 Å². The highest BCUT2D eigenvalue weighted by atomic mass is 79.9. The van der Waals surface area contributed by atoms with Gasteiger partial charge in [-0.2, -0.15) is 0 Å². The van der Waals surface area contributed by atoms with Crippen molar-refractivity contribution in [2.75, 3.05) is 11.9 Å². The molecule has 0 saturated heterocycles. The number of hydrogen-bond acceptors (Lipinski definition) is 1. The van der Waals surface area contributed by atoms with Crippen molar-refractivity contribution in [3.8, 4) is 0 Å². The first-order valence-electron chi connectivity index (χ1n) is 7.20. The average Bonchev–Trinajstić information content (AvgIpc) is 3.20. The van der Waals surface area contributed by atoms with Crippen molar-refractivity contribution < 1.29 is 4.79 Å². The van der Waals surface area contributed by atoms with Crippen LogP contribution in [0.1, 0.15) is 40.5 Å². The molecule has 0 unspecified atom stereocenters. The number of anilines is 1. The van der Waals surface area contributed by atoms with Gasteiger partial charge in [0.05, 0.1) is 0 Å². The molecule has 3 nitrogen and oxygen atoms in total. The summed E-state index contributed by atoms with van der Waals surface area (Å²) in [7, 11) is 1.85. The number of amides is 1. The second kappa shape index (κ2) is 5.34. The fraction of sp³-hybridized carbons (Fsp3) is 0.353. The van der Waals surface area contributed by atoms with Crippen LogP contribution >= 0.6 is 15.9 Å². The van der Waals surface area contributed by atoms with E-state index in [1.165, 1.54) is 5.56 Å². The third-order valence-corrected chi connectivity index (χ3v) is 4.43. The lowest BCUT2D eigenvalue weighted by Crippen LogP contribution is -2.28. The van der Waals surface area contributed by atoms with Crippen LogP contribution in [0.5, 0.6) is 0 Å². The zero-order valence-electron chi connectivity index (χ0n) is 12.6. The molecule has 1 aliphatic carbocycles. The third-order valence-electron chi connectivity index (χ3n) is 3.99. The molecule has 0 atom stereocenters. The summed E-state index contributed by atoms with van der Waals surface area (Å²) < 4.78 is 3.07. The first kappa shape index (κ1) is 14.4. The molecule has 0 bridgehead atoms. The average molecular weight is 347 g/mol. The molecule has 3 rings (SSSR count). The highest BCUT2D eigenvalue weighted by molar-refractivity contribution is 9.10. The number of aryl methyl sites for hydroxylation is 2. The van der Waals surface area contributed by atoms with E-state index in [9.17, 15) is 4.79 Å². The van der Waals surface area contributed by atoms with Crippen LogP contribution < -0.4 is 4.90 Å². The Morgan fingerprint density at radius 2 is 2.00 bits per heavy atom. The molecule has 1 aromatic heterocycles. The quantitative estimate of drug-likeness (QED) is 0.804. The Labute approximate surface area is 133 Å². The van der Waals surface area contributed by atoms with Crippen LogP contribution in [0.15, 0.2) is 34.9 Å². The Bertz CT molecular complexity index is 701. The summed E-state index contributed by atoms with van der Waals surface area (Å²) in [5, 5.41) is 0. The molecule has 21 heavy (non-hydrogen) atoms. The van der Waals surface area contributed by atoms with Gasteiger partial charge in [0.2, 0.25) is 0 Å². The molecule has 1 aromatic carbocycles. The Hall–Kier alpha value is -1.55. The van der Waals surface area contributed by atoms with Crippen LogP contribution in [0, 0.1) is 13.8 Å². The van der Waals surface area contributed by atoms with E-state index in [2.05, 4.69) is 33.5 Å². The van der Waals surface area contributed by atoms with Crippen molar-refractivity contribution in [3.63, 3.8) is 0 Å². The third kappa shape index (κ3) is 2.77. The van der Waals surface area contributed by atoms with Crippen molar-refractivity contribution in [3.05, 3.63) is 51.8 Å². The van der Waals surface area contributed by atoms with Gasteiger partial charge in [0.25, 0.3) is 5.91 Å². The van der Waals surface area contributed by atoms with Crippen LogP contribution in [0.2, 0.25) is 0 Å². The number of carbonyl (C=O) groups is 1. The Balaban J connectivity index is 1.94. The molecule has 110 valence electrons. The summed E-state index contributed by atoms with van der Waals surface area (Å²) in [6.45, 7) is 4.11. The van der Waals surface area contributed by atoms with E-state index in [0.717, 1.165) is 34.3 Å². The van der Waals surface area contributed by atoms with Gasteiger partial charge in [-0.1, -0.05) is 17.7 Å². The van der Waals surface area contributed by atoms with Gasteiger partial charge in [0, 0.05) is 29.4 Å². The van der Waals surface area contributed by atoms with E-state index in [-0.39, 0.29) is 5.91 Å². The predicted molar refractivity (Wildman–Crippen MR) is 89.1 cm³/mol. The molecule has 1 amide bonds. The van der Waals surface area contributed by atoms with Gasteiger partial charge < -0.3 is 9.47 Å². The lowest BCUT2D eigenvalue weighted by atomic mass is 10.1. The van der Waals surface area contributed by atoms with Crippen LogP contribution in [0.25, 0.3) is 0 Å². The number of aromatic nitrogens is 1. The van der Waals surface area contributed by atoms with Gasteiger partial charge >= 0.3 is 0 Å². The summed E-state index contributed by atoms with van der Waals surface area (Å²) in [5.74, 6) is 0.0413. The molecule has 4 heteroatoms. The maximum absolute atomic E-state index is 12.8. The molecular weight excluding hydrogens is 328 g/mol. The minimum atomic E-state index is 0.0413. The second-order valence-corrected chi connectivity index (χ2v) is 6.75. The van der Waals surface area contributed by atoms with Crippen LogP contribution in [-0.4, -0.2) is 17.5 Å². The lowest BCUT2D eigenvalue weighted by Gasteiger charge is -2.21. The van der Waals surface area contributed by atoms with Gasteiger partial charge in [-0.25, -0.2) is 0 Å². The summed E-state index contributed by atoms with van der Waals surface area (Å²) in [6, 6.07) is 8.57. The van der Waals surface area contributed by atoms with Crippen molar-refractivity contribution in [1.29, 1.82) is 0 Å². The molecule has 1 saturated carbocycles. The molecule has 0 aliphatic heterocycles. The van der Waals surface area contributed by atoms with Crippen molar-refractivity contribution in [2.24, 2.45) is 0 Å². The zero-order chi connectivity index (χ0) is 15.1. The maximum Gasteiger partial charge on any atom is 0.274 e. The molecule has 0 radical (unpaired) electrons. The molecule has 2 aromatic rings. The smallest absolute Gasteiger partial charge is 0.274 e. The summed E-state index contributed by atoms with van der Waals surface area (Å²) >= 11 is 3.49. The standard InChI is InChI=1S/C17H19BrN2O/c1-11-4-7-15(12(2)8-11)19(3)17(21)16-9-13(18)10-20(16)14-5-6-14/h4,7-10,14H,5-6H2,1-3H3. The number of carbonyl (C=O) groups excluding carboxylic acids is 1. The highest BCUT2D eigenvalue weighted by Gasteiger charge is 2.29. The number of nitrogens with zero attached hydrogens (tertiary/aromatic N) is 2. The number of benzene rings is 1.